The largest absolute Gasteiger partial charge is 0.461 e. The second kappa shape index (κ2) is 8.25. The van der Waals surface area contributed by atoms with Gasteiger partial charge in [-0.2, -0.15) is 0 Å². The Morgan fingerprint density at radius 2 is 1.73 bits per heavy atom. The van der Waals surface area contributed by atoms with E-state index in [-0.39, 0.29) is 11.4 Å². The summed E-state index contributed by atoms with van der Waals surface area (Å²) < 4.78 is 5.10. The molecule has 1 aromatic heterocycles. The van der Waals surface area contributed by atoms with E-state index in [1.54, 1.807) is 12.3 Å². The predicted octanol–water partition coefficient (Wildman–Crippen LogP) is 5.20. The lowest BCUT2D eigenvalue weighted by Gasteiger charge is -2.57. The van der Waals surface area contributed by atoms with Gasteiger partial charge in [0, 0.05) is 11.4 Å². The summed E-state index contributed by atoms with van der Waals surface area (Å²) in [4.78, 5) is 32.9. The monoisotopic (exact) mass is 430 g/mol. The highest BCUT2D eigenvalue weighted by atomic mass is 32.1. The van der Waals surface area contributed by atoms with Gasteiger partial charge in [-0.3, -0.25) is 4.79 Å². The Morgan fingerprint density at radius 3 is 2.33 bits per heavy atom. The molecule has 1 amide bonds. The first-order valence-corrected chi connectivity index (χ1v) is 12.9. The quantitative estimate of drug-likeness (QED) is 0.582. The molecule has 5 fully saturated rings. The first-order valence-electron chi connectivity index (χ1n) is 12.0. The summed E-state index contributed by atoms with van der Waals surface area (Å²) in [6.07, 6.45) is 13.3. The van der Waals surface area contributed by atoms with E-state index in [1.165, 1.54) is 49.9 Å². The van der Waals surface area contributed by atoms with Gasteiger partial charge in [0.2, 0.25) is 5.91 Å². The average Bonchev–Trinajstić information content (AvgIpc) is 3.20. The van der Waals surface area contributed by atoms with E-state index >= 15 is 0 Å². The number of hydrogen-bond donors (Lipinski definition) is 0. The van der Waals surface area contributed by atoms with E-state index in [1.807, 2.05) is 0 Å². The van der Waals surface area contributed by atoms with Crippen LogP contribution in [0.2, 0.25) is 0 Å². The van der Waals surface area contributed by atoms with Crippen molar-refractivity contribution in [1.29, 1.82) is 0 Å². The number of ether oxygens (including phenoxy) is 1. The molecule has 0 N–H and O–H groups in total. The first-order chi connectivity index (χ1) is 14.6. The molecule has 0 aliphatic heterocycles. The Hall–Kier alpha value is -1.43. The molecule has 5 aliphatic carbocycles. The molecule has 0 unspecified atom stereocenters. The van der Waals surface area contributed by atoms with Crippen LogP contribution in [0, 0.1) is 23.2 Å². The lowest BCUT2D eigenvalue weighted by molar-refractivity contribution is -0.161. The molecule has 0 spiro atoms. The number of hydrogen-bond acceptors (Lipinski definition) is 5. The first kappa shape index (κ1) is 20.5. The van der Waals surface area contributed by atoms with Crippen LogP contribution < -0.4 is 0 Å². The summed E-state index contributed by atoms with van der Waals surface area (Å²) in [5.41, 5.74) is 0.260. The lowest BCUT2D eigenvalue weighted by Crippen LogP contribution is -2.56. The van der Waals surface area contributed by atoms with Gasteiger partial charge in [0.1, 0.15) is 5.01 Å². The van der Waals surface area contributed by atoms with E-state index < -0.39 is 0 Å². The molecule has 5 nitrogen and oxygen atoms in total. The van der Waals surface area contributed by atoms with Crippen LogP contribution in [0.5, 0.6) is 0 Å². The molecule has 0 atom stereocenters. The van der Waals surface area contributed by atoms with Crippen molar-refractivity contribution in [3.8, 4) is 0 Å². The Balaban J connectivity index is 1.38. The van der Waals surface area contributed by atoms with Gasteiger partial charge in [-0.05, 0) is 76.0 Å². The third-order valence-electron chi connectivity index (χ3n) is 8.11. The summed E-state index contributed by atoms with van der Waals surface area (Å²) in [5.74, 6) is 2.34. The van der Waals surface area contributed by atoms with Crippen LogP contribution in [-0.2, 0) is 16.1 Å². The number of amides is 1. The molecule has 4 bridgehead atoms. The van der Waals surface area contributed by atoms with Gasteiger partial charge in [0.15, 0.2) is 5.69 Å². The third-order valence-corrected chi connectivity index (χ3v) is 8.94. The summed E-state index contributed by atoms with van der Waals surface area (Å²) in [6.45, 7) is 2.71. The zero-order valence-electron chi connectivity index (χ0n) is 18.1. The van der Waals surface area contributed by atoms with Crippen molar-refractivity contribution < 1.29 is 14.3 Å². The number of carbonyl (C=O) groups is 2. The highest BCUT2D eigenvalue weighted by molar-refractivity contribution is 7.09. The van der Waals surface area contributed by atoms with Gasteiger partial charge in [-0.15, -0.1) is 11.3 Å². The summed E-state index contributed by atoms with van der Waals surface area (Å²) in [7, 11) is 0. The molecule has 6 rings (SSSR count). The van der Waals surface area contributed by atoms with E-state index in [2.05, 4.69) is 9.88 Å². The standard InChI is InChI=1S/C24H34N2O3S/c1-2-29-22(27)20-15-30-21(25-20)14-26(19-6-4-3-5-7-19)23(28)24-11-16-8-17(12-24)10-18(9-16)13-24/h15-19H,2-14H2,1H3. The normalized spacial score (nSPS) is 32.9. The fourth-order valence-corrected chi connectivity index (χ4v) is 8.03. The zero-order chi connectivity index (χ0) is 20.7. The number of thiazole rings is 1. The molecule has 1 aromatic rings. The number of esters is 1. The smallest absolute Gasteiger partial charge is 0.357 e. The SMILES string of the molecule is CCOC(=O)c1csc(CN(C(=O)C23CC4CC(CC(C4)C2)C3)C2CCCCC2)n1. The van der Waals surface area contributed by atoms with Gasteiger partial charge < -0.3 is 9.64 Å². The Morgan fingerprint density at radius 1 is 1.10 bits per heavy atom. The van der Waals surface area contributed by atoms with Crippen LogP contribution in [0.1, 0.15) is 93.0 Å². The van der Waals surface area contributed by atoms with Crippen LogP contribution in [0.4, 0.5) is 0 Å². The van der Waals surface area contributed by atoms with Crippen LogP contribution in [0.15, 0.2) is 5.38 Å². The van der Waals surface area contributed by atoms with Crippen LogP contribution in [0.25, 0.3) is 0 Å². The van der Waals surface area contributed by atoms with Gasteiger partial charge in [0.25, 0.3) is 0 Å². The van der Waals surface area contributed by atoms with Crippen molar-refractivity contribution in [2.45, 2.75) is 90.1 Å². The minimum absolute atomic E-state index is 0.118. The predicted molar refractivity (Wildman–Crippen MR) is 116 cm³/mol. The van der Waals surface area contributed by atoms with Crippen molar-refractivity contribution in [1.82, 2.24) is 9.88 Å². The van der Waals surface area contributed by atoms with E-state index in [0.29, 0.717) is 30.8 Å². The number of rotatable bonds is 6. The van der Waals surface area contributed by atoms with Crippen molar-refractivity contribution in [3.63, 3.8) is 0 Å². The topological polar surface area (TPSA) is 59.5 Å². The van der Waals surface area contributed by atoms with Crippen LogP contribution in [-0.4, -0.2) is 34.4 Å². The molecule has 5 saturated carbocycles. The van der Waals surface area contributed by atoms with Gasteiger partial charge in [-0.1, -0.05) is 19.3 Å². The third kappa shape index (κ3) is 3.80. The number of carbonyl (C=O) groups excluding carboxylic acids is 2. The molecule has 0 aromatic carbocycles. The molecular weight excluding hydrogens is 396 g/mol. The zero-order valence-corrected chi connectivity index (χ0v) is 18.9. The molecule has 30 heavy (non-hydrogen) atoms. The molecule has 0 saturated heterocycles. The highest BCUT2D eigenvalue weighted by Gasteiger charge is 2.56. The molecule has 0 radical (unpaired) electrons. The van der Waals surface area contributed by atoms with Crippen molar-refractivity contribution >= 4 is 23.2 Å². The van der Waals surface area contributed by atoms with E-state index in [9.17, 15) is 9.59 Å². The second-order valence-electron chi connectivity index (χ2n) is 10.3. The van der Waals surface area contributed by atoms with Crippen molar-refractivity contribution in [3.05, 3.63) is 16.1 Å². The maximum absolute atomic E-state index is 14.2. The average molecular weight is 431 g/mol. The molecule has 6 heteroatoms. The Labute approximate surface area is 183 Å². The summed E-state index contributed by atoms with van der Waals surface area (Å²) >= 11 is 1.48. The Kier molecular flexibility index (Phi) is 5.63. The Bertz CT molecular complexity index is 763. The summed E-state index contributed by atoms with van der Waals surface area (Å²) in [6, 6.07) is 0.328. The van der Waals surface area contributed by atoms with Crippen LogP contribution >= 0.6 is 11.3 Å². The molecule has 5 aliphatic rings. The van der Waals surface area contributed by atoms with E-state index in [4.69, 9.17) is 4.74 Å². The fourth-order valence-electron chi connectivity index (χ4n) is 7.26. The lowest BCUT2D eigenvalue weighted by atomic mass is 9.49. The van der Waals surface area contributed by atoms with Gasteiger partial charge in [0.05, 0.1) is 18.6 Å². The summed E-state index contributed by atoms with van der Waals surface area (Å²) in [5, 5.41) is 2.64. The minimum Gasteiger partial charge on any atom is -0.461 e. The number of aromatic nitrogens is 1. The van der Waals surface area contributed by atoms with Gasteiger partial charge >= 0.3 is 5.97 Å². The van der Waals surface area contributed by atoms with E-state index in [0.717, 1.165) is 54.9 Å². The number of nitrogens with zero attached hydrogens (tertiary/aromatic N) is 2. The van der Waals surface area contributed by atoms with Crippen LogP contribution in [0.3, 0.4) is 0 Å². The van der Waals surface area contributed by atoms with Crippen molar-refractivity contribution in [2.75, 3.05) is 6.61 Å². The maximum Gasteiger partial charge on any atom is 0.357 e. The molecule has 164 valence electrons. The molecular formula is C24H34N2O3S. The second-order valence-corrected chi connectivity index (χ2v) is 11.2. The fraction of sp³-hybridized carbons (Fsp3) is 0.792. The highest BCUT2D eigenvalue weighted by Crippen LogP contribution is 2.60. The molecule has 1 heterocycles. The maximum atomic E-state index is 14.2. The van der Waals surface area contributed by atoms with Gasteiger partial charge in [-0.25, -0.2) is 9.78 Å². The van der Waals surface area contributed by atoms with Crippen molar-refractivity contribution in [2.24, 2.45) is 23.2 Å². The minimum atomic E-state index is -0.364.